The van der Waals surface area contributed by atoms with Gasteiger partial charge < -0.3 is 4.74 Å². The number of halogens is 1. The Morgan fingerprint density at radius 2 is 2.08 bits per heavy atom. The zero-order valence-corrected chi connectivity index (χ0v) is 13.8. The van der Waals surface area contributed by atoms with Crippen molar-refractivity contribution in [1.82, 2.24) is 14.8 Å². The summed E-state index contributed by atoms with van der Waals surface area (Å²) in [6.45, 7) is 0. The first-order valence-electron chi connectivity index (χ1n) is 7.05. The van der Waals surface area contributed by atoms with Crippen molar-refractivity contribution in [1.29, 1.82) is 0 Å². The van der Waals surface area contributed by atoms with Crippen LogP contribution in [0.3, 0.4) is 0 Å². The number of aromatic nitrogens is 3. The molecular formula is C17H10ClN3O2S. The second-order valence-corrected chi connectivity index (χ2v) is 6.35. The van der Waals surface area contributed by atoms with Crippen molar-refractivity contribution in [2.24, 2.45) is 0 Å². The van der Waals surface area contributed by atoms with E-state index >= 15 is 0 Å². The molecule has 0 N–H and O–H groups in total. The Morgan fingerprint density at radius 3 is 2.88 bits per heavy atom. The van der Waals surface area contributed by atoms with Crippen LogP contribution in [0.4, 0.5) is 0 Å². The van der Waals surface area contributed by atoms with E-state index in [2.05, 4.69) is 10.1 Å². The van der Waals surface area contributed by atoms with Crippen LogP contribution in [0, 0.1) is 0 Å². The molecule has 4 aromatic rings. The third-order valence-corrected chi connectivity index (χ3v) is 4.60. The van der Waals surface area contributed by atoms with Gasteiger partial charge in [0.1, 0.15) is 5.75 Å². The third kappa shape index (κ3) is 2.66. The fourth-order valence-electron chi connectivity index (χ4n) is 2.32. The number of aldehydes is 1. The number of hydrogen-bond donors (Lipinski definition) is 0. The lowest BCUT2D eigenvalue weighted by Crippen LogP contribution is -1.94. The number of ether oxygens (including phenoxy) is 1. The standard InChI is InChI=1S/C17H10ClN3O2S/c18-14-3-1-2-4-16(14)23-17-5-11-7-20-21(15(11)8-19-17)12-6-13(9-22)24-10-12/h1-10H. The van der Waals surface area contributed by atoms with Gasteiger partial charge in [-0.25, -0.2) is 9.67 Å². The molecule has 5 nitrogen and oxygen atoms in total. The number of para-hydroxylation sites is 1. The second kappa shape index (κ2) is 6.07. The smallest absolute Gasteiger partial charge is 0.220 e. The van der Waals surface area contributed by atoms with Crippen LogP contribution in [0.5, 0.6) is 11.6 Å². The highest BCUT2D eigenvalue weighted by molar-refractivity contribution is 7.12. The molecule has 3 heterocycles. The van der Waals surface area contributed by atoms with E-state index in [-0.39, 0.29) is 0 Å². The van der Waals surface area contributed by atoms with Crippen molar-refractivity contribution in [3.8, 4) is 17.3 Å². The number of carbonyl (C=O) groups excluding carboxylic acids is 1. The number of pyridine rings is 1. The van der Waals surface area contributed by atoms with Crippen LogP contribution in [-0.4, -0.2) is 21.1 Å². The Hall–Kier alpha value is -2.70. The highest BCUT2D eigenvalue weighted by atomic mass is 35.5. The Bertz CT molecular complexity index is 1040. The fraction of sp³-hybridized carbons (Fsp3) is 0. The second-order valence-electron chi connectivity index (χ2n) is 5.00. The van der Waals surface area contributed by atoms with Gasteiger partial charge in [-0.05, 0) is 18.2 Å². The average molecular weight is 356 g/mol. The maximum Gasteiger partial charge on any atom is 0.220 e. The topological polar surface area (TPSA) is 57.0 Å². The third-order valence-electron chi connectivity index (χ3n) is 3.45. The van der Waals surface area contributed by atoms with Crippen LogP contribution < -0.4 is 4.74 Å². The molecule has 118 valence electrons. The molecule has 0 fully saturated rings. The van der Waals surface area contributed by atoms with Gasteiger partial charge in [0.25, 0.3) is 0 Å². The Labute approximate surface area is 146 Å². The highest BCUT2D eigenvalue weighted by Crippen LogP contribution is 2.30. The summed E-state index contributed by atoms with van der Waals surface area (Å²) in [6.07, 6.45) is 4.25. The van der Waals surface area contributed by atoms with Crippen molar-refractivity contribution in [2.75, 3.05) is 0 Å². The molecule has 0 aliphatic carbocycles. The maximum absolute atomic E-state index is 10.8. The van der Waals surface area contributed by atoms with E-state index < -0.39 is 0 Å². The molecule has 0 aliphatic rings. The van der Waals surface area contributed by atoms with Crippen LogP contribution in [0.15, 0.2) is 54.2 Å². The predicted molar refractivity (Wildman–Crippen MR) is 93.7 cm³/mol. The largest absolute Gasteiger partial charge is 0.437 e. The molecule has 0 unspecified atom stereocenters. The van der Waals surface area contributed by atoms with Crippen molar-refractivity contribution < 1.29 is 9.53 Å². The number of carbonyl (C=O) groups is 1. The minimum absolute atomic E-state index is 0.439. The summed E-state index contributed by atoms with van der Waals surface area (Å²) < 4.78 is 7.47. The van der Waals surface area contributed by atoms with Gasteiger partial charge in [-0.3, -0.25) is 4.79 Å². The van der Waals surface area contributed by atoms with Crippen LogP contribution in [-0.2, 0) is 0 Å². The van der Waals surface area contributed by atoms with E-state index in [1.54, 1.807) is 41.3 Å². The first kappa shape index (κ1) is 14.9. The number of nitrogens with zero attached hydrogens (tertiary/aromatic N) is 3. The monoisotopic (exact) mass is 355 g/mol. The molecule has 7 heteroatoms. The van der Waals surface area contributed by atoms with Crippen LogP contribution in [0.25, 0.3) is 16.6 Å². The number of benzene rings is 1. The van der Waals surface area contributed by atoms with Crippen LogP contribution in [0.2, 0.25) is 5.02 Å². The number of rotatable bonds is 4. The predicted octanol–water partition coefficient (Wildman–Crippen LogP) is 4.74. The minimum Gasteiger partial charge on any atom is -0.437 e. The Kier molecular flexibility index (Phi) is 3.76. The van der Waals surface area contributed by atoms with Gasteiger partial charge >= 0.3 is 0 Å². The molecule has 0 saturated carbocycles. The molecule has 0 spiro atoms. The van der Waals surface area contributed by atoms with Gasteiger partial charge in [-0.1, -0.05) is 23.7 Å². The molecule has 0 saturated heterocycles. The molecule has 0 amide bonds. The highest BCUT2D eigenvalue weighted by Gasteiger charge is 2.10. The van der Waals surface area contributed by atoms with E-state index in [0.717, 1.165) is 22.9 Å². The fourth-order valence-corrected chi connectivity index (χ4v) is 3.17. The Balaban J connectivity index is 1.70. The summed E-state index contributed by atoms with van der Waals surface area (Å²) in [4.78, 5) is 15.8. The molecule has 0 atom stereocenters. The summed E-state index contributed by atoms with van der Waals surface area (Å²) in [7, 11) is 0. The number of thiophene rings is 1. The summed E-state index contributed by atoms with van der Waals surface area (Å²) in [5, 5.41) is 7.65. The van der Waals surface area contributed by atoms with Gasteiger partial charge in [0.15, 0.2) is 6.29 Å². The van der Waals surface area contributed by atoms with E-state index in [1.807, 2.05) is 17.5 Å². The van der Waals surface area contributed by atoms with Crippen molar-refractivity contribution in [3.63, 3.8) is 0 Å². The maximum atomic E-state index is 10.8. The van der Waals surface area contributed by atoms with Crippen molar-refractivity contribution >= 4 is 40.1 Å². The van der Waals surface area contributed by atoms with Crippen molar-refractivity contribution in [3.05, 3.63) is 64.1 Å². The average Bonchev–Trinajstić information content (AvgIpc) is 3.22. The van der Waals surface area contributed by atoms with E-state index in [0.29, 0.717) is 21.5 Å². The first-order valence-corrected chi connectivity index (χ1v) is 8.30. The lowest BCUT2D eigenvalue weighted by molar-refractivity contribution is 0.112. The lowest BCUT2D eigenvalue weighted by atomic mass is 10.3. The summed E-state index contributed by atoms with van der Waals surface area (Å²) in [5.41, 5.74) is 1.66. The molecule has 1 aromatic carbocycles. The molecule has 4 rings (SSSR count). The molecule has 0 radical (unpaired) electrons. The molecule has 0 bridgehead atoms. The summed E-state index contributed by atoms with van der Waals surface area (Å²) in [5.74, 6) is 0.987. The van der Waals surface area contributed by atoms with E-state index in [9.17, 15) is 4.79 Å². The van der Waals surface area contributed by atoms with E-state index in [4.69, 9.17) is 16.3 Å². The normalized spacial score (nSPS) is 10.9. The van der Waals surface area contributed by atoms with Gasteiger partial charge in [0, 0.05) is 16.8 Å². The van der Waals surface area contributed by atoms with Gasteiger partial charge in [-0.15, -0.1) is 11.3 Å². The quantitative estimate of drug-likeness (QED) is 0.496. The molecule has 0 aliphatic heterocycles. The zero-order valence-electron chi connectivity index (χ0n) is 12.2. The molecule has 24 heavy (non-hydrogen) atoms. The zero-order chi connectivity index (χ0) is 16.5. The SMILES string of the molecule is O=Cc1cc(-n2ncc3cc(Oc4ccccc4Cl)ncc32)cs1. The van der Waals surface area contributed by atoms with Crippen LogP contribution >= 0.6 is 22.9 Å². The number of fused-ring (bicyclic) bond motifs is 1. The van der Waals surface area contributed by atoms with Crippen LogP contribution in [0.1, 0.15) is 9.67 Å². The number of hydrogen-bond acceptors (Lipinski definition) is 5. The summed E-state index contributed by atoms with van der Waals surface area (Å²) >= 11 is 7.47. The first-order chi connectivity index (χ1) is 11.7. The lowest BCUT2D eigenvalue weighted by Gasteiger charge is -2.06. The van der Waals surface area contributed by atoms with E-state index in [1.165, 1.54) is 11.3 Å². The van der Waals surface area contributed by atoms with Gasteiger partial charge in [0.2, 0.25) is 5.88 Å². The van der Waals surface area contributed by atoms with Gasteiger partial charge in [0.05, 0.1) is 33.5 Å². The van der Waals surface area contributed by atoms with Gasteiger partial charge in [-0.2, -0.15) is 5.10 Å². The molecular weight excluding hydrogens is 346 g/mol. The molecule has 3 aromatic heterocycles. The summed E-state index contributed by atoms with van der Waals surface area (Å²) in [6, 6.07) is 10.8. The minimum atomic E-state index is 0.439. The Morgan fingerprint density at radius 1 is 1.21 bits per heavy atom. The van der Waals surface area contributed by atoms with Crippen molar-refractivity contribution in [2.45, 2.75) is 0 Å².